The molecule has 0 amide bonds. The molecule has 7 nitrogen and oxygen atoms in total. The van der Waals surface area contributed by atoms with Gasteiger partial charge in [-0.05, 0) is 31.6 Å². The summed E-state index contributed by atoms with van der Waals surface area (Å²) in [6.45, 7) is 10.4. The van der Waals surface area contributed by atoms with Crippen molar-refractivity contribution in [2.45, 2.75) is 39.9 Å². The van der Waals surface area contributed by atoms with E-state index >= 15 is 0 Å². The third-order valence-electron chi connectivity index (χ3n) is 4.65. The van der Waals surface area contributed by atoms with Gasteiger partial charge in [0, 0.05) is 25.2 Å². The highest BCUT2D eigenvalue weighted by molar-refractivity contribution is 6.31. The molecule has 0 saturated carbocycles. The average Bonchev–Trinajstić information content (AvgIpc) is 3.15. The normalized spacial score (nSPS) is 13.0. The number of aromatic nitrogens is 3. The fraction of sp³-hybridized carbons (Fsp3) is 0.526. The predicted molar refractivity (Wildman–Crippen MR) is 111 cm³/mol. The maximum absolute atomic E-state index is 6.47. The van der Waals surface area contributed by atoms with Gasteiger partial charge in [0.25, 0.3) is 0 Å². The van der Waals surface area contributed by atoms with Crippen molar-refractivity contribution in [3.63, 3.8) is 0 Å². The average molecular weight is 392 g/mol. The summed E-state index contributed by atoms with van der Waals surface area (Å²) in [6, 6.07) is 8.18. The molecule has 1 atom stereocenters. The number of hydrogen-bond acceptors (Lipinski definition) is 4. The maximum Gasteiger partial charge on any atom is 0.191 e. The molecule has 2 N–H and O–H groups in total. The Morgan fingerprint density at radius 3 is 2.59 bits per heavy atom. The standard InChI is InChI=1S/C19H30ClN7/c1-5-26(6-2)17(15-10-8-9-11-16(15)20)12-22-19(21-4)23-13-18-25-24-14-27(18)7-3/h8-11,14,17H,5-7,12-13H2,1-4H3,(H2,21,22,23). The van der Waals surface area contributed by atoms with Crippen LogP contribution < -0.4 is 10.6 Å². The second-order valence-corrected chi connectivity index (χ2v) is 6.51. The third kappa shape index (κ3) is 5.68. The Balaban J connectivity index is 2.05. The lowest BCUT2D eigenvalue weighted by Gasteiger charge is -2.31. The number of aryl methyl sites for hydroxylation is 1. The van der Waals surface area contributed by atoms with E-state index in [0.717, 1.165) is 42.0 Å². The number of aliphatic imine (C=N–C) groups is 1. The molecular weight excluding hydrogens is 362 g/mol. The van der Waals surface area contributed by atoms with E-state index in [4.69, 9.17) is 11.6 Å². The topological polar surface area (TPSA) is 70.4 Å². The van der Waals surface area contributed by atoms with Crippen LogP contribution >= 0.6 is 11.6 Å². The second kappa shape index (κ2) is 10.9. The van der Waals surface area contributed by atoms with Crippen LogP contribution in [-0.4, -0.2) is 52.3 Å². The summed E-state index contributed by atoms with van der Waals surface area (Å²) < 4.78 is 2.00. The molecule has 2 rings (SSSR count). The van der Waals surface area contributed by atoms with Crippen molar-refractivity contribution >= 4 is 17.6 Å². The van der Waals surface area contributed by atoms with E-state index in [1.807, 2.05) is 22.8 Å². The largest absolute Gasteiger partial charge is 0.354 e. The highest BCUT2D eigenvalue weighted by Crippen LogP contribution is 2.26. The van der Waals surface area contributed by atoms with Crippen LogP contribution in [-0.2, 0) is 13.1 Å². The Morgan fingerprint density at radius 2 is 1.96 bits per heavy atom. The number of benzene rings is 1. The molecule has 2 aromatic rings. The van der Waals surface area contributed by atoms with Gasteiger partial charge in [0.1, 0.15) is 6.33 Å². The van der Waals surface area contributed by atoms with E-state index in [1.54, 1.807) is 13.4 Å². The molecule has 0 fully saturated rings. The van der Waals surface area contributed by atoms with Crippen molar-refractivity contribution in [3.05, 3.63) is 47.0 Å². The molecule has 8 heteroatoms. The summed E-state index contributed by atoms with van der Waals surface area (Å²) in [6.07, 6.45) is 1.74. The minimum atomic E-state index is 0.159. The van der Waals surface area contributed by atoms with Gasteiger partial charge in [-0.25, -0.2) is 0 Å². The fourth-order valence-electron chi connectivity index (χ4n) is 3.10. The Bertz CT molecular complexity index is 724. The number of nitrogens with zero attached hydrogens (tertiary/aromatic N) is 5. The number of guanidine groups is 1. The first-order valence-corrected chi connectivity index (χ1v) is 9.81. The quantitative estimate of drug-likeness (QED) is 0.508. The summed E-state index contributed by atoms with van der Waals surface area (Å²) in [5.74, 6) is 1.61. The summed E-state index contributed by atoms with van der Waals surface area (Å²) in [4.78, 5) is 6.71. The van der Waals surface area contributed by atoms with Crippen molar-refractivity contribution in [1.29, 1.82) is 0 Å². The molecule has 0 spiro atoms. The zero-order valence-electron chi connectivity index (χ0n) is 16.6. The van der Waals surface area contributed by atoms with Gasteiger partial charge in [0.2, 0.25) is 0 Å². The van der Waals surface area contributed by atoms with Crippen LogP contribution in [0.4, 0.5) is 0 Å². The van der Waals surface area contributed by atoms with E-state index < -0.39 is 0 Å². The first-order valence-electron chi connectivity index (χ1n) is 9.44. The minimum Gasteiger partial charge on any atom is -0.354 e. The number of nitrogens with one attached hydrogen (secondary N) is 2. The van der Waals surface area contributed by atoms with E-state index in [-0.39, 0.29) is 6.04 Å². The van der Waals surface area contributed by atoms with E-state index in [0.29, 0.717) is 13.1 Å². The molecule has 1 aromatic carbocycles. The van der Waals surface area contributed by atoms with Crippen LogP contribution in [0.15, 0.2) is 35.6 Å². The Kier molecular flexibility index (Phi) is 8.54. The molecule has 1 unspecified atom stereocenters. The van der Waals surface area contributed by atoms with Crippen molar-refractivity contribution in [1.82, 2.24) is 30.3 Å². The van der Waals surface area contributed by atoms with E-state index in [1.165, 1.54) is 0 Å². The maximum atomic E-state index is 6.47. The number of rotatable bonds is 9. The van der Waals surface area contributed by atoms with Gasteiger partial charge < -0.3 is 15.2 Å². The Hall–Kier alpha value is -2.12. The van der Waals surface area contributed by atoms with Crippen LogP contribution in [0, 0.1) is 0 Å². The monoisotopic (exact) mass is 391 g/mol. The molecule has 0 aliphatic carbocycles. The van der Waals surface area contributed by atoms with E-state index in [9.17, 15) is 0 Å². The van der Waals surface area contributed by atoms with Gasteiger partial charge >= 0.3 is 0 Å². The zero-order valence-corrected chi connectivity index (χ0v) is 17.4. The zero-order chi connectivity index (χ0) is 19.6. The van der Waals surface area contributed by atoms with Crippen LogP contribution in [0.5, 0.6) is 0 Å². The van der Waals surface area contributed by atoms with Crippen molar-refractivity contribution in [2.75, 3.05) is 26.7 Å². The van der Waals surface area contributed by atoms with Gasteiger partial charge in [-0.15, -0.1) is 10.2 Å². The summed E-state index contributed by atoms with van der Waals surface area (Å²) in [5.41, 5.74) is 1.12. The lowest BCUT2D eigenvalue weighted by atomic mass is 10.0. The van der Waals surface area contributed by atoms with Crippen molar-refractivity contribution < 1.29 is 0 Å². The number of likely N-dealkylation sites (N-methyl/N-ethyl adjacent to an activating group) is 1. The first-order chi connectivity index (χ1) is 13.1. The van der Waals surface area contributed by atoms with Crippen LogP contribution in [0.1, 0.15) is 38.2 Å². The molecule has 148 valence electrons. The highest BCUT2D eigenvalue weighted by Gasteiger charge is 2.20. The lowest BCUT2D eigenvalue weighted by molar-refractivity contribution is 0.219. The molecular formula is C19H30ClN7. The summed E-state index contributed by atoms with van der Waals surface area (Å²) in [7, 11) is 1.77. The molecule has 0 saturated heterocycles. The third-order valence-corrected chi connectivity index (χ3v) is 5.00. The molecule has 0 aliphatic heterocycles. The van der Waals surface area contributed by atoms with Crippen LogP contribution in [0.25, 0.3) is 0 Å². The van der Waals surface area contributed by atoms with Crippen LogP contribution in [0.2, 0.25) is 5.02 Å². The fourth-order valence-corrected chi connectivity index (χ4v) is 3.36. The lowest BCUT2D eigenvalue weighted by Crippen LogP contribution is -2.43. The first kappa shape index (κ1) is 21.2. The van der Waals surface area contributed by atoms with Crippen LogP contribution in [0.3, 0.4) is 0 Å². The summed E-state index contributed by atoms with van der Waals surface area (Å²) in [5, 5.41) is 15.6. The minimum absolute atomic E-state index is 0.159. The van der Waals surface area contributed by atoms with E-state index in [2.05, 4.69) is 57.6 Å². The van der Waals surface area contributed by atoms with Crippen molar-refractivity contribution in [2.24, 2.45) is 4.99 Å². The van der Waals surface area contributed by atoms with Gasteiger partial charge in [-0.1, -0.05) is 43.6 Å². The molecule has 0 radical (unpaired) electrons. The molecule has 1 heterocycles. The van der Waals surface area contributed by atoms with Gasteiger partial charge in [-0.3, -0.25) is 9.89 Å². The molecule has 0 bridgehead atoms. The summed E-state index contributed by atoms with van der Waals surface area (Å²) >= 11 is 6.47. The van der Waals surface area contributed by atoms with Gasteiger partial charge in [0.15, 0.2) is 11.8 Å². The number of hydrogen-bond donors (Lipinski definition) is 2. The number of halogens is 1. The molecule has 27 heavy (non-hydrogen) atoms. The predicted octanol–water partition coefficient (Wildman–Crippen LogP) is 2.70. The smallest absolute Gasteiger partial charge is 0.191 e. The Morgan fingerprint density at radius 1 is 1.22 bits per heavy atom. The highest BCUT2D eigenvalue weighted by atomic mass is 35.5. The van der Waals surface area contributed by atoms with Crippen molar-refractivity contribution in [3.8, 4) is 0 Å². The SMILES string of the molecule is CCN(CC)C(CNC(=NC)NCc1nncn1CC)c1ccccc1Cl. The second-order valence-electron chi connectivity index (χ2n) is 6.10. The Labute approximate surface area is 166 Å². The molecule has 1 aromatic heterocycles. The van der Waals surface area contributed by atoms with Gasteiger partial charge in [0.05, 0.1) is 12.6 Å². The van der Waals surface area contributed by atoms with Gasteiger partial charge in [-0.2, -0.15) is 0 Å². The molecule has 0 aliphatic rings.